The van der Waals surface area contributed by atoms with Gasteiger partial charge >= 0.3 is 0 Å². The van der Waals surface area contributed by atoms with Gasteiger partial charge in [-0.1, -0.05) is 30.4 Å². The van der Waals surface area contributed by atoms with Gasteiger partial charge < -0.3 is 15.4 Å². The Balaban J connectivity index is 1.63. The van der Waals surface area contributed by atoms with Crippen LogP contribution in [0.2, 0.25) is 0 Å². The topological polar surface area (TPSA) is 68.2 Å². The van der Waals surface area contributed by atoms with E-state index in [2.05, 4.69) is 34.8 Å². The fourth-order valence-electron chi connectivity index (χ4n) is 3.26. The van der Waals surface area contributed by atoms with Gasteiger partial charge in [0.1, 0.15) is 5.75 Å². The number of aryl methyl sites for hydroxylation is 1. The van der Waals surface area contributed by atoms with Crippen LogP contribution >= 0.6 is 0 Å². The van der Waals surface area contributed by atoms with Crippen LogP contribution in [-0.4, -0.2) is 35.4 Å². The van der Waals surface area contributed by atoms with Crippen LogP contribution in [0.4, 0.5) is 0 Å². The zero-order valence-electron chi connectivity index (χ0n) is 15.3. The van der Waals surface area contributed by atoms with Gasteiger partial charge in [0, 0.05) is 42.9 Å². The van der Waals surface area contributed by atoms with E-state index in [-0.39, 0.29) is 18.0 Å². The second kappa shape index (κ2) is 8.67. The van der Waals surface area contributed by atoms with E-state index in [4.69, 9.17) is 4.74 Å². The summed E-state index contributed by atoms with van der Waals surface area (Å²) in [5, 5.41) is 11.0. The number of nitrogens with zero attached hydrogens (tertiary/aromatic N) is 2. The van der Waals surface area contributed by atoms with Gasteiger partial charge in [0.2, 0.25) is 5.91 Å². The fraction of sp³-hybridized carbons (Fsp3) is 0.400. The molecule has 26 heavy (non-hydrogen) atoms. The summed E-state index contributed by atoms with van der Waals surface area (Å²) >= 11 is 0. The Labute approximate surface area is 154 Å². The van der Waals surface area contributed by atoms with Crippen LogP contribution in [0.25, 0.3) is 6.08 Å². The van der Waals surface area contributed by atoms with Crippen molar-refractivity contribution in [1.29, 1.82) is 0 Å². The van der Waals surface area contributed by atoms with E-state index in [0.717, 1.165) is 36.4 Å². The van der Waals surface area contributed by atoms with Gasteiger partial charge in [-0.3, -0.25) is 9.48 Å². The summed E-state index contributed by atoms with van der Waals surface area (Å²) in [5.41, 5.74) is 2.10. The molecule has 1 saturated heterocycles. The monoisotopic (exact) mass is 354 g/mol. The van der Waals surface area contributed by atoms with E-state index in [1.165, 1.54) is 0 Å². The second-order valence-corrected chi connectivity index (χ2v) is 6.37. The van der Waals surface area contributed by atoms with Crippen molar-refractivity contribution in [2.24, 2.45) is 0 Å². The minimum Gasteiger partial charge on any atom is -0.496 e. The quantitative estimate of drug-likeness (QED) is 0.802. The Morgan fingerprint density at radius 3 is 3.04 bits per heavy atom. The molecule has 138 valence electrons. The predicted molar refractivity (Wildman–Crippen MR) is 102 cm³/mol. The lowest BCUT2D eigenvalue weighted by molar-refractivity contribution is -0.123. The number of methoxy groups -OCH3 is 1. The number of amides is 1. The number of hydrogen-bond acceptors (Lipinski definition) is 4. The highest BCUT2D eigenvalue weighted by molar-refractivity contribution is 5.77. The van der Waals surface area contributed by atoms with Gasteiger partial charge in [-0.15, -0.1) is 0 Å². The molecule has 3 rings (SSSR count). The molecule has 0 bridgehead atoms. The average molecular weight is 354 g/mol. The van der Waals surface area contributed by atoms with Gasteiger partial charge in [0.15, 0.2) is 0 Å². The first-order valence-corrected chi connectivity index (χ1v) is 9.06. The van der Waals surface area contributed by atoms with Crippen molar-refractivity contribution in [3.63, 3.8) is 0 Å². The number of para-hydroxylation sites is 1. The lowest BCUT2D eigenvalue weighted by Gasteiger charge is -2.32. The largest absolute Gasteiger partial charge is 0.496 e. The third-order valence-corrected chi connectivity index (χ3v) is 4.67. The number of hydrogen-bond donors (Lipinski definition) is 2. The van der Waals surface area contributed by atoms with Gasteiger partial charge in [0.05, 0.1) is 19.3 Å². The van der Waals surface area contributed by atoms with E-state index < -0.39 is 0 Å². The number of ether oxygens (including phenoxy) is 1. The molecule has 6 heteroatoms. The minimum absolute atomic E-state index is 0.0452. The second-order valence-electron chi connectivity index (χ2n) is 6.37. The molecule has 2 heterocycles. The van der Waals surface area contributed by atoms with Gasteiger partial charge in [-0.2, -0.15) is 5.10 Å². The molecule has 2 N–H and O–H groups in total. The van der Waals surface area contributed by atoms with Crippen LogP contribution in [0.15, 0.2) is 42.7 Å². The minimum atomic E-state index is -0.0452. The van der Waals surface area contributed by atoms with Gasteiger partial charge in [-0.05, 0) is 19.4 Å². The number of carbonyl (C=O) groups excluding carboxylic acids is 1. The molecule has 6 nitrogen and oxygen atoms in total. The molecule has 2 atom stereocenters. The van der Waals surface area contributed by atoms with E-state index in [1.54, 1.807) is 7.11 Å². The van der Waals surface area contributed by atoms with Crippen molar-refractivity contribution in [2.45, 2.75) is 38.4 Å². The highest BCUT2D eigenvalue weighted by Crippen LogP contribution is 2.24. The molecule has 1 aliphatic rings. The molecule has 1 aromatic carbocycles. The van der Waals surface area contributed by atoms with Gasteiger partial charge in [-0.25, -0.2) is 0 Å². The Hall–Kier alpha value is -2.60. The molecule has 1 fully saturated rings. The highest BCUT2D eigenvalue weighted by atomic mass is 16.5. The van der Waals surface area contributed by atoms with Crippen molar-refractivity contribution in [2.75, 3.05) is 13.7 Å². The first kappa shape index (κ1) is 18.2. The first-order chi connectivity index (χ1) is 12.7. The van der Waals surface area contributed by atoms with Crippen LogP contribution in [0.3, 0.4) is 0 Å². The standard InChI is InChI=1S/C20H26N4O2/c1-3-24-14-16(13-22-24)20-17(10-11-19(25)23-20)21-12-6-8-15-7-4-5-9-18(15)26-2/h4-9,13-14,17,20-21H,3,10-12H2,1-2H3,(H,23,25)/b8-6+/t17-,20+/m1/s1. The molecule has 0 saturated carbocycles. The summed E-state index contributed by atoms with van der Waals surface area (Å²) in [7, 11) is 1.68. The molecular weight excluding hydrogens is 328 g/mol. The SMILES string of the molecule is CCn1cc([C@@H]2NC(=O)CC[C@H]2NC/C=C/c2ccccc2OC)cn1. The maximum absolute atomic E-state index is 11.9. The Kier molecular flexibility index (Phi) is 6.07. The normalized spacial score (nSPS) is 20.3. The predicted octanol–water partition coefficient (Wildman–Crippen LogP) is 2.53. The summed E-state index contributed by atoms with van der Waals surface area (Å²) in [6.45, 7) is 3.59. The fourth-order valence-corrected chi connectivity index (χ4v) is 3.26. The molecule has 0 spiro atoms. The van der Waals surface area contributed by atoms with Gasteiger partial charge in [0.25, 0.3) is 0 Å². The molecule has 0 radical (unpaired) electrons. The molecule has 1 amide bonds. The highest BCUT2D eigenvalue weighted by Gasteiger charge is 2.30. The smallest absolute Gasteiger partial charge is 0.220 e. The number of benzene rings is 1. The Bertz CT molecular complexity index is 769. The lowest BCUT2D eigenvalue weighted by atomic mass is 9.94. The third-order valence-electron chi connectivity index (χ3n) is 4.67. The average Bonchev–Trinajstić information content (AvgIpc) is 3.15. The summed E-state index contributed by atoms with van der Waals surface area (Å²) in [6.07, 6.45) is 9.36. The van der Waals surface area contributed by atoms with E-state index in [9.17, 15) is 4.79 Å². The molecule has 1 aliphatic heterocycles. The molecule has 0 unspecified atom stereocenters. The first-order valence-electron chi connectivity index (χ1n) is 9.06. The summed E-state index contributed by atoms with van der Waals surface area (Å²) in [6, 6.07) is 8.07. The van der Waals surface area contributed by atoms with Crippen LogP contribution in [0.1, 0.15) is 36.9 Å². The van der Waals surface area contributed by atoms with Crippen LogP contribution in [-0.2, 0) is 11.3 Å². The molecule has 1 aromatic heterocycles. The van der Waals surface area contributed by atoms with E-state index >= 15 is 0 Å². The Morgan fingerprint density at radius 1 is 1.42 bits per heavy atom. The number of nitrogens with one attached hydrogen (secondary N) is 2. The maximum Gasteiger partial charge on any atom is 0.220 e. The van der Waals surface area contributed by atoms with Crippen LogP contribution < -0.4 is 15.4 Å². The summed E-state index contributed by atoms with van der Waals surface area (Å²) in [5.74, 6) is 0.959. The number of rotatable bonds is 7. The maximum atomic E-state index is 11.9. The number of aromatic nitrogens is 2. The lowest BCUT2D eigenvalue weighted by Crippen LogP contribution is -2.48. The van der Waals surface area contributed by atoms with Crippen LogP contribution in [0.5, 0.6) is 5.75 Å². The van der Waals surface area contributed by atoms with Crippen molar-refractivity contribution in [3.8, 4) is 5.75 Å². The third kappa shape index (κ3) is 4.32. The zero-order chi connectivity index (χ0) is 18.4. The van der Waals surface area contributed by atoms with Crippen molar-refractivity contribution in [3.05, 3.63) is 53.9 Å². The number of carbonyl (C=O) groups is 1. The molecule has 2 aromatic rings. The number of piperidine rings is 1. The van der Waals surface area contributed by atoms with E-state index in [1.807, 2.05) is 41.3 Å². The van der Waals surface area contributed by atoms with E-state index in [0.29, 0.717) is 6.42 Å². The Morgan fingerprint density at radius 2 is 2.27 bits per heavy atom. The molecular formula is C20H26N4O2. The van der Waals surface area contributed by atoms with Crippen molar-refractivity contribution >= 4 is 12.0 Å². The van der Waals surface area contributed by atoms with Crippen LogP contribution in [0, 0.1) is 0 Å². The summed E-state index contributed by atoms with van der Waals surface area (Å²) < 4.78 is 7.25. The van der Waals surface area contributed by atoms with Crippen molar-refractivity contribution in [1.82, 2.24) is 20.4 Å². The molecule has 0 aliphatic carbocycles. The zero-order valence-corrected chi connectivity index (χ0v) is 15.3. The summed E-state index contributed by atoms with van der Waals surface area (Å²) in [4.78, 5) is 11.9. The van der Waals surface area contributed by atoms with Crippen molar-refractivity contribution < 1.29 is 9.53 Å².